The first-order valence-electron chi connectivity index (χ1n) is 7.53. The molecule has 0 aliphatic heterocycles. The van der Waals surface area contributed by atoms with Gasteiger partial charge in [0.25, 0.3) is 0 Å². The maximum absolute atomic E-state index is 12.6. The van der Waals surface area contributed by atoms with Gasteiger partial charge in [-0.2, -0.15) is 0 Å². The number of oxime groups is 1. The summed E-state index contributed by atoms with van der Waals surface area (Å²) in [5, 5.41) is 3.74. The van der Waals surface area contributed by atoms with E-state index in [1.54, 1.807) is 12.1 Å². The van der Waals surface area contributed by atoms with E-state index < -0.39 is 11.4 Å². The van der Waals surface area contributed by atoms with E-state index in [1.807, 2.05) is 32.0 Å². The number of carbonyl (C=O) groups is 2. The predicted octanol–water partition coefficient (Wildman–Crippen LogP) is 2.25. The Kier molecular flexibility index (Phi) is 3.31. The molecule has 0 saturated heterocycles. The summed E-state index contributed by atoms with van der Waals surface area (Å²) in [6.07, 6.45) is 1.88. The number of nitrogens with two attached hydrogens (primary N) is 1. The molecule has 0 unspecified atom stereocenters. The second-order valence-corrected chi connectivity index (χ2v) is 6.71. The number of hydrogen-bond donors (Lipinski definition) is 1. The highest BCUT2D eigenvalue weighted by Gasteiger charge is 2.69. The Labute approximate surface area is 129 Å². The van der Waals surface area contributed by atoms with E-state index in [9.17, 15) is 9.59 Å². The second kappa shape index (κ2) is 4.93. The van der Waals surface area contributed by atoms with Crippen LogP contribution in [0.25, 0.3) is 0 Å². The van der Waals surface area contributed by atoms with Crippen molar-refractivity contribution in [3.63, 3.8) is 0 Å². The summed E-state index contributed by atoms with van der Waals surface area (Å²) in [7, 11) is 0. The topological polar surface area (TPSA) is 81.8 Å². The van der Waals surface area contributed by atoms with Crippen LogP contribution in [-0.2, 0) is 14.4 Å². The number of benzene rings is 1. The van der Waals surface area contributed by atoms with Crippen LogP contribution in [-0.4, -0.2) is 17.6 Å². The van der Waals surface area contributed by atoms with E-state index in [1.165, 1.54) is 0 Å². The van der Waals surface area contributed by atoms with Crippen LogP contribution in [0.2, 0.25) is 0 Å². The van der Waals surface area contributed by atoms with E-state index >= 15 is 0 Å². The lowest BCUT2D eigenvalue weighted by Gasteiger charge is -2.32. The Morgan fingerprint density at radius 1 is 1.32 bits per heavy atom. The standard InChI is InChI=1S/C17H20N2O3/c1-16(2)12-8-9-17(16,13(20)10-12)15(21)22-19-14(18)11-6-4-3-5-7-11/h3-7,12H,8-10H2,1-2H3,(H2,18,19)/t12-,17+/m1/s1. The third-order valence-electron chi connectivity index (χ3n) is 5.54. The van der Waals surface area contributed by atoms with Crippen molar-refractivity contribution in [2.45, 2.75) is 33.1 Å². The van der Waals surface area contributed by atoms with Gasteiger partial charge in [-0.15, -0.1) is 0 Å². The van der Waals surface area contributed by atoms with Gasteiger partial charge in [0.1, 0.15) is 5.41 Å². The lowest BCUT2D eigenvalue weighted by Crippen LogP contribution is -2.44. The maximum atomic E-state index is 12.6. The third-order valence-corrected chi connectivity index (χ3v) is 5.54. The molecule has 0 radical (unpaired) electrons. The highest BCUT2D eigenvalue weighted by molar-refractivity contribution is 6.07. The van der Waals surface area contributed by atoms with Crippen LogP contribution in [0.5, 0.6) is 0 Å². The van der Waals surface area contributed by atoms with Gasteiger partial charge in [0, 0.05) is 12.0 Å². The highest BCUT2D eigenvalue weighted by atomic mass is 16.7. The van der Waals surface area contributed by atoms with E-state index in [0.717, 1.165) is 6.42 Å². The lowest BCUT2D eigenvalue weighted by atomic mass is 9.69. The van der Waals surface area contributed by atoms with Crippen molar-refractivity contribution in [3.8, 4) is 0 Å². The summed E-state index contributed by atoms with van der Waals surface area (Å²) in [5.74, 6) is -0.209. The molecule has 116 valence electrons. The van der Waals surface area contributed by atoms with Gasteiger partial charge >= 0.3 is 5.97 Å². The molecule has 2 saturated carbocycles. The molecular weight excluding hydrogens is 280 g/mol. The fourth-order valence-corrected chi connectivity index (χ4v) is 3.99. The molecule has 2 fully saturated rings. The molecule has 0 amide bonds. The van der Waals surface area contributed by atoms with Crippen molar-refractivity contribution < 1.29 is 14.4 Å². The smallest absolute Gasteiger partial charge is 0.349 e. The van der Waals surface area contributed by atoms with Crippen LogP contribution in [0, 0.1) is 16.7 Å². The van der Waals surface area contributed by atoms with Crippen LogP contribution in [0.15, 0.2) is 35.5 Å². The van der Waals surface area contributed by atoms with Gasteiger partial charge < -0.3 is 10.6 Å². The Balaban J connectivity index is 1.82. The Hall–Kier alpha value is -2.17. The SMILES string of the molecule is CC1(C)[C@@H]2CC[C@@]1(C(=O)O/N=C(\N)c1ccccc1)C(=O)C2. The minimum atomic E-state index is -1.06. The van der Waals surface area contributed by atoms with E-state index in [4.69, 9.17) is 10.6 Å². The van der Waals surface area contributed by atoms with E-state index in [-0.39, 0.29) is 23.0 Å². The van der Waals surface area contributed by atoms with Crippen molar-refractivity contribution in [1.82, 2.24) is 0 Å². The largest absolute Gasteiger partial charge is 0.380 e. The van der Waals surface area contributed by atoms with Crippen molar-refractivity contribution in [1.29, 1.82) is 0 Å². The Morgan fingerprint density at radius 3 is 2.55 bits per heavy atom. The van der Waals surface area contributed by atoms with Gasteiger partial charge in [0.15, 0.2) is 11.6 Å². The van der Waals surface area contributed by atoms with Gasteiger partial charge in [-0.05, 0) is 24.2 Å². The van der Waals surface area contributed by atoms with Crippen LogP contribution < -0.4 is 5.73 Å². The molecule has 3 rings (SSSR count). The number of ketones is 1. The molecule has 2 aliphatic carbocycles. The van der Waals surface area contributed by atoms with Gasteiger partial charge in [-0.25, -0.2) is 4.79 Å². The zero-order chi connectivity index (χ0) is 16.0. The van der Waals surface area contributed by atoms with Gasteiger partial charge in [0.05, 0.1) is 0 Å². The van der Waals surface area contributed by atoms with Gasteiger partial charge in [-0.1, -0.05) is 49.3 Å². The monoisotopic (exact) mass is 300 g/mol. The normalized spacial score (nSPS) is 29.6. The summed E-state index contributed by atoms with van der Waals surface area (Å²) in [4.78, 5) is 30.0. The first-order chi connectivity index (χ1) is 10.4. The van der Waals surface area contributed by atoms with Crippen molar-refractivity contribution in [3.05, 3.63) is 35.9 Å². The molecular formula is C17H20N2O3. The summed E-state index contributed by atoms with van der Waals surface area (Å²) in [6.45, 7) is 3.95. The molecule has 1 aromatic rings. The zero-order valence-electron chi connectivity index (χ0n) is 12.8. The van der Waals surface area contributed by atoms with Crippen LogP contribution in [0.1, 0.15) is 38.7 Å². The average molecular weight is 300 g/mol. The molecule has 2 atom stereocenters. The van der Waals surface area contributed by atoms with Crippen LogP contribution in [0.3, 0.4) is 0 Å². The quantitative estimate of drug-likeness (QED) is 0.305. The average Bonchev–Trinajstić information content (AvgIpc) is 2.88. The summed E-state index contributed by atoms with van der Waals surface area (Å²) >= 11 is 0. The molecule has 1 aromatic carbocycles. The van der Waals surface area contributed by atoms with Crippen molar-refractivity contribution in [2.75, 3.05) is 0 Å². The molecule has 0 aromatic heterocycles. The summed E-state index contributed by atoms with van der Waals surface area (Å²) in [6, 6.07) is 9.06. The van der Waals surface area contributed by atoms with E-state index in [2.05, 4.69) is 5.16 Å². The number of Topliss-reactive ketones (excluding diaryl/α,β-unsaturated/α-hetero) is 1. The first kappa shape index (κ1) is 14.8. The van der Waals surface area contributed by atoms with Crippen molar-refractivity contribution >= 4 is 17.6 Å². The number of amidine groups is 1. The number of carbonyl (C=O) groups excluding carboxylic acids is 2. The number of hydrogen-bond acceptors (Lipinski definition) is 4. The number of rotatable bonds is 3. The lowest BCUT2D eigenvalue weighted by molar-refractivity contribution is -0.164. The molecule has 22 heavy (non-hydrogen) atoms. The first-order valence-corrected chi connectivity index (χ1v) is 7.53. The minimum absolute atomic E-state index is 0.0211. The third kappa shape index (κ3) is 1.88. The molecule has 2 bridgehead atoms. The molecule has 5 heteroatoms. The highest BCUT2D eigenvalue weighted by Crippen LogP contribution is 2.64. The van der Waals surface area contributed by atoms with E-state index in [0.29, 0.717) is 18.4 Å². The zero-order valence-corrected chi connectivity index (χ0v) is 12.8. The molecule has 2 aliphatic rings. The minimum Gasteiger partial charge on any atom is -0.380 e. The molecule has 5 nitrogen and oxygen atoms in total. The maximum Gasteiger partial charge on any atom is 0.349 e. The fraction of sp³-hybridized carbons (Fsp3) is 0.471. The Morgan fingerprint density at radius 2 is 2.00 bits per heavy atom. The fourth-order valence-electron chi connectivity index (χ4n) is 3.99. The Bertz CT molecular complexity index is 651. The van der Waals surface area contributed by atoms with Gasteiger partial charge in [0.2, 0.25) is 0 Å². The van der Waals surface area contributed by atoms with Crippen LogP contribution >= 0.6 is 0 Å². The second-order valence-electron chi connectivity index (χ2n) is 6.71. The summed E-state index contributed by atoms with van der Waals surface area (Å²) < 4.78 is 0. The molecule has 2 N–H and O–H groups in total. The van der Waals surface area contributed by atoms with Gasteiger partial charge in [-0.3, -0.25) is 4.79 Å². The summed E-state index contributed by atoms with van der Waals surface area (Å²) in [5.41, 5.74) is 5.07. The number of nitrogens with zero attached hydrogens (tertiary/aromatic N) is 1. The predicted molar refractivity (Wildman–Crippen MR) is 81.8 cm³/mol. The van der Waals surface area contributed by atoms with Crippen LogP contribution in [0.4, 0.5) is 0 Å². The molecule has 0 spiro atoms. The van der Waals surface area contributed by atoms with Crippen molar-refractivity contribution in [2.24, 2.45) is 27.6 Å². The molecule has 0 heterocycles. The number of fused-ring (bicyclic) bond motifs is 2.